The molecule has 124 valence electrons. The van der Waals surface area contributed by atoms with Gasteiger partial charge in [-0.3, -0.25) is 4.90 Å². The lowest BCUT2D eigenvalue weighted by molar-refractivity contribution is 0.172. The van der Waals surface area contributed by atoms with Crippen molar-refractivity contribution in [3.8, 4) is 0 Å². The van der Waals surface area contributed by atoms with Crippen LogP contribution in [0.3, 0.4) is 0 Å². The van der Waals surface area contributed by atoms with Crippen LogP contribution in [0.2, 0.25) is 0 Å². The van der Waals surface area contributed by atoms with E-state index in [-0.39, 0.29) is 6.10 Å². The number of benzene rings is 1. The van der Waals surface area contributed by atoms with E-state index in [0.29, 0.717) is 12.1 Å². The minimum Gasteiger partial charge on any atom is -0.392 e. The van der Waals surface area contributed by atoms with Gasteiger partial charge in [-0.25, -0.2) is 0 Å². The highest BCUT2D eigenvalue weighted by atomic mass is 32.1. The molecule has 1 aliphatic rings. The number of rotatable bonds is 6. The number of nitrogens with zero attached hydrogens (tertiary/aromatic N) is 1. The van der Waals surface area contributed by atoms with Crippen LogP contribution < -0.4 is 5.32 Å². The van der Waals surface area contributed by atoms with Crippen LogP contribution in [0.5, 0.6) is 0 Å². The zero-order valence-electron chi connectivity index (χ0n) is 13.9. The van der Waals surface area contributed by atoms with Crippen LogP contribution in [-0.4, -0.2) is 35.2 Å². The van der Waals surface area contributed by atoms with Gasteiger partial charge in [-0.15, -0.1) is 11.3 Å². The highest BCUT2D eigenvalue weighted by Crippen LogP contribution is 2.24. The van der Waals surface area contributed by atoms with Crippen LogP contribution in [0.25, 0.3) is 0 Å². The standard InChI is InChI=1S/C19H26N2OS/c1-14-8-9-19(23-14)15(2)20-11-17-10-18(22)13-21(17)12-16-6-4-3-5-7-16/h3-9,15,17-18,20,22H,10-13H2,1-2H3. The molecule has 2 aromatic rings. The Bertz CT molecular complexity index is 613. The van der Waals surface area contributed by atoms with Gasteiger partial charge in [0.25, 0.3) is 0 Å². The SMILES string of the molecule is Cc1ccc(C(C)NCC2CC(O)CN2Cc2ccccc2)s1. The molecule has 1 aromatic heterocycles. The molecule has 0 saturated carbocycles. The Morgan fingerprint density at radius 1 is 1.26 bits per heavy atom. The molecule has 1 fully saturated rings. The van der Waals surface area contributed by atoms with Gasteiger partial charge in [0.1, 0.15) is 0 Å². The number of thiophene rings is 1. The van der Waals surface area contributed by atoms with Crippen molar-refractivity contribution in [2.45, 2.75) is 45.0 Å². The normalized spacial score (nSPS) is 23.3. The third-order valence-electron chi connectivity index (χ3n) is 4.58. The van der Waals surface area contributed by atoms with E-state index in [0.717, 1.165) is 26.1 Å². The van der Waals surface area contributed by atoms with Crippen molar-refractivity contribution < 1.29 is 5.11 Å². The molecule has 1 aliphatic heterocycles. The third-order valence-corrected chi connectivity index (χ3v) is 5.77. The monoisotopic (exact) mass is 330 g/mol. The Kier molecular flexibility index (Phi) is 5.49. The van der Waals surface area contributed by atoms with Gasteiger partial charge >= 0.3 is 0 Å². The van der Waals surface area contributed by atoms with Gasteiger partial charge in [0.2, 0.25) is 0 Å². The first kappa shape index (κ1) is 16.7. The molecule has 3 unspecified atom stereocenters. The van der Waals surface area contributed by atoms with Gasteiger partial charge in [0.05, 0.1) is 6.10 Å². The zero-order chi connectivity index (χ0) is 16.2. The van der Waals surface area contributed by atoms with Gasteiger partial charge in [0, 0.05) is 41.5 Å². The molecule has 0 amide bonds. The van der Waals surface area contributed by atoms with E-state index in [1.54, 1.807) is 0 Å². The highest BCUT2D eigenvalue weighted by molar-refractivity contribution is 7.12. The van der Waals surface area contributed by atoms with Crippen molar-refractivity contribution in [2.75, 3.05) is 13.1 Å². The second-order valence-corrected chi connectivity index (χ2v) is 7.86. The van der Waals surface area contributed by atoms with E-state index in [1.807, 2.05) is 17.4 Å². The molecular weight excluding hydrogens is 304 g/mol. The molecule has 4 heteroatoms. The summed E-state index contributed by atoms with van der Waals surface area (Å²) in [5.41, 5.74) is 1.31. The largest absolute Gasteiger partial charge is 0.392 e. The maximum Gasteiger partial charge on any atom is 0.0682 e. The van der Waals surface area contributed by atoms with Crippen LogP contribution in [0.15, 0.2) is 42.5 Å². The molecule has 2 heterocycles. The summed E-state index contributed by atoms with van der Waals surface area (Å²) in [6, 6.07) is 15.7. The first-order valence-corrected chi connectivity index (χ1v) is 9.19. The smallest absolute Gasteiger partial charge is 0.0682 e. The number of likely N-dealkylation sites (tertiary alicyclic amines) is 1. The predicted molar refractivity (Wildman–Crippen MR) is 96.7 cm³/mol. The lowest BCUT2D eigenvalue weighted by atomic mass is 10.1. The lowest BCUT2D eigenvalue weighted by Gasteiger charge is -2.26. The molecule has 0 spiro atoms. The Morgan fingerprint density at radius 2 is 2.04 bits per heavy atom. The quantitative estimate of drug-likeness (QED) is 0.853. The van der Waals surface area contributed by atoms with Crippen molar-refractivity contribution in [1.29, 1.82) is 0 Å². The van der Waals surface area contributed by atoms with Crippen molar-refractivity contribution in [3.05, 3.63) is 57.8 Å². The number of aliphatic hydroxyl groups excluding tert-OH is 1. The van der Waals surface area contributed by atoms with Crippen LogP contribution in [0, 0.1) is 6.92 Å². The molecule has 3 nitrogen and oxygen atoms in total. The fourth-order valence-corrected chi connectivity index (χ4v) is 4.19. The lowest BCUT2D eigenvalue weighted by Crippen LogP contribution is -2.38. The molecular formula is C19H26N2OS. The number of aryl methyl sites for hydroxylation is 1. The zero-order valence-corrected chi connectivity index (χ0v) is 14.7. The van der Waals surface area contributed by atoms with Crippen molar-refractivity contribution in [3.63, 3.8) is 0 Å². The van der Waals surface area contributed by atoms with Crippen LogP contribution in [0.1, 0.15) is 34.7 Å². The summed E-state index contributed by atoms with van der Waals surface area (Å²) in [4.78, 5) is 5.14. The average molecular weight is 330 g/mol. The first-order chi connectivity index (χ1) is 11.1. The van der Waals surface area contributed by atoms with Gasteiger partial charge in [-0.2, -0.15) is 0 Å². The Labute approximate surface area is 143 Å². The number of nitrogens with one attached hydrogen (secondary N) is 1. The summed E-state index contributed by atoms with van der Waals surface area (Å²) in [7, 11) is 0. The fraction of sp³-hybridized carbons (Fsp3) is 0.474. The number of hydrogen-bond donors (Lipinski definition) is 2. The second-order valence-electron chi connectivity index (χ2n) is 6.54. The molecule has 23 heavy (non-hydrogen) atoms. The predicted octanol–water partition coefficient (Wildman–Crippen LogP) is 3.34. The van der Waals surface area contributed by atoms with E-state index in [9.17, 15) is 5.11 Å². The van der Waals surface area contributed by atoms with Crippen molar-refractivity contribution in [2.24, 2.45) is 0 Å². The Hall–Kier alpha value is -1.20. The maximum absolute atomic E-state index is 10.1. The molecule has 2 N–H and O–H groups in total. The van der Waals surface area contributed by atoms with Gasteiger partial charge in [0.15, 0.2) is 0 Å². The van der Waals surface area contributed by atoms with Gasteiger partial charge in [-0.05, 0) is 38.0 Å². The Morgan fingerprint density at radius 3 is 2.74 bits per heavy atom. The van der Waals surface area contributed by atoms with E-state index in [1.165, 1.54) is 15.3 Å². The molecule has 3 rings (SSSR count). The van der Waals surface area contributed by atoms with Crippen LogP contribution in [0.4, 0.5) is 0 Å². The van der Waals surface area contributed by atoms with E-state index >= 15 is 0 Å². The maximum atomic E-state index is 10.1. The van der Waals surface area contributed by atoms with E-state index in [4.69, 9.17) is 0 Å². The minimum atomic E-state index is -0.204. The average Bonchev–Trinajstić information content (AvgIpc) is 3.12. The number of β-amino-alcohol motifs (C(OH)–C–C–N with tert-alkyl or cyclic N) is 1. The van der Waals surface area contributed by atoms with E-state index < -0.39 is 0 Å². The first-order valence-electron chi connectivity index (χ1n) is 8.37. The summed E-state index contributed by atoms with van der Waals surface area (Å²) in [6.07, 6.45) is 0.653. The van der Waals surface area contributed by atoms with E-state index in [2.05, 4.69) is 60.5 Å². The molecule has 0 aliphatic carbocycles. The molecule has 1 saturated heterocycles. The second kappa shape index (κ2) is 7.58. The third kappa shape index (κ3) is 4.42. The number of hydrogen-bond acceptors (Lipinski definition) is 4. The van der Waals surface area contributed by atoms with Crippen LogP contribution >= 0.6 is 11.3 Å². The minimum absolute atomic E-state index is 0.204. The summed E-state index contributed by atoms with van der Waals surface area (Å²) in [6.45, 7) is 6.97. The summed E-state index contributed by atoms with van der Waals surface area (Å²) in [5.74, 6) is 0. The molecule has 1 aromatic carbocycles. The Balaban J connectivity index is 1.57. The summed E-state index contributed by atoms with van der Waals surface area (Å²) in [5, 5.41) is 13.7. The van der Waals surface area contributed by atoms with Gasteiger partial charge < -0.3 is 10.4 Å². The van der Waals surface area contributed by atoms with Crippen LogP contribution in [-0.2, 0) is 6.54 Å². The van der Waals surface area contributed by atoms with Gasteiger partial charge in [-0.1, -0.05) is 30.3 Å². The molecule has 3 atom stereocenters. The summed E-state index contributed by atoms with van der Waals surface area (Å²) >= 11 is 1.86. The van der Waals surface area contributed by atoms with Crippen molar-refractivity contribution in [1.82, 2.24) is 10.2 Å². The topological polar surface area (TPSA) is 35.5 Å². The molecule has 0 bridgehead atoms. The highest BCUT2D eigenvalue weighted by Gasteiger charge is 2.30. The fourth-order valence-electron chi connectivity index (χ4n) is 3.28. The van der Waals surface area contributed by atoms with Crippen molar-refractivity contribution >= 4 is 11.3 Å². The molecule has 0 radical (unpaired) electrons. The number of aliphatic hydroxyl groups is 1. The summed E-state index contributed by atoms with van der Waals surface area (Å²) < 4.78 is 0.